The Balaban J connectivity index is 2.03. The van der Waals surface area contributed by atoms with Crippen molar-refractivity contribution in [3.05, 3.63) is 69.1 Å². The minimum absolute atomic E-state index is 0.181. The highest BCUT2D eigenvalue weighted by Gasteiger charge is 2.08. The quantitative estimate of drug-likeness (QED) is 0.759. The Kier molecular flexibility index (Phi) is 3.12. The average Bonchev–Trinajstić information content (AvgIpc) is 2.48. The second kappa shape index (κ2) is 5.08. The lowest BCUT2D eigenvalue weighted by Crippen LogP contribution is -2.31. The van der Waals surface area contributed by atoms with Gasteiger partial charge in [-0.25, -0.2) is 14.8 Å². The van der Waals surface area contributed by atoms with E-state index in [4.69, 9.17) is 0 Å². The highest BCUT2D eigenvalue weighted by atomic mass is 16.2. The number of H-pyrrole nitrogens is 1. The minimum atomic E-state index is -0.505. The molecule has 6 heteroatoms. The Labute approximate surface area is 113 Å². The van der Waals surface area contributed by atoms with E-state index in [-0.39, 0.29) is 5.52 Å². The number of aryl methyl sites for hydroxylation is 2. The predicted octanol–water partition coefficient (Wildman–Crippen LogP) is 0.722. The third-order valence-corrected chi connectivity index (χ3v) is 3.08. The molecule has 0 bridgehead atoms. The Morgan fingerprint density at radius 2 is 1.80 bits per heavy atom. The summed E-state index contributed by atoms with van der Waals surface area (Å²) < 4.78 is 1.44. The zero-order valence-corrected chi connectivity index (χ0v) is 10.6. The number of nitrogens with one attached hydrogen (secondary N) is 1. The number of fused-ring (bicyclic) bond motifs is 1. The van der Waals surface area contributed by atoms with Crippen LogP contribution >= 0.6 is 0 Å². The third-order valence-electron chi connectivity index (χ3n) is 3.08. The van der Waals surface area contributed by atoms with Crippen LogP contribution in [0.25, 0.3) is 11.2 Å². The van der Waals surface area contributed by atoms with Gasteiger partial charge in [-0.1, -0.05) is 30.3 Å². The monoisotopic (exact) mass is 268 g/mol. The van der Waals surface area contributed by atoms with E-state index in [9.17, 15) is 9.59 Å². The molecule has 1 N–H and O–H groups in total. The molecule has 0 saturated carbocycles. The summed E-state index contributed by atoms with van der Waals surface area (Å²) in [7, 11) is 0. The van der Waals surface area contributed by atoms with Crippen molar-refractivity contribution in [3.63, 3.8) is 0 Å². The summed E-state index contributed by atoms with van der Waals surface area (Å²) in [5, 5.41) is 0. The molecule has 0 fully saturated rings. The standard InChI is InChI=1S/C14H12N4O2/c19-13-11-12(16-8-7-15-11)18(14(20)17-13)9-6-10-4-2-1-3-5-10/h1-5,7-8H,6,9H2,(H,17,19,20). The number of aromatic nitrogens is 4. The highest BCUT2D eigenvalue weighted by molar-refractivity contribution is 5.67. The molecule has 1 aromatic carbocycles. The maximum atomic E-state index is 11.9. The van der Waals surface area contributed by atoms with E-state index in [0.29, 0.717) is 18.6 Å². The first-order valence-corrected chi connectivity index (χ1v) is 6.23. The Hall–Kier alpha value is -2.76. The molecule has 0 aliphatic rings. The SMILES string of the molecule is O=c1[nH]c(=O)n(CCc2ccccc2)c2nccnc12. The first kappa shape index (κ1) is 12.3. The summed E-state index contributed by atoms with van der Waals surface area (Å²) in [6.45, 7) is 0.439. The van der Waals surface area contributed by atoms with Gasteiger partial charge in [-0.15, -0.1) is 0 Å². The zero-order chi connectivity index (χ0) is 13.9. The Bertz CT molecular complexity index is 852. The van der Waals surface area contributed by atoms with Gasteiger partial charge in [0, 0.05) is 18.9 Å². The summed E-state index contributed by atoms with van der Waals surface area (Å²) in [6, 6.07) is 9.82. The molecule has 0 aliphatic heterocycles. The molecular weight excluding hydrogens is 256 g/mol. The van der Waals surface area contributed by atoms with Crippen molar-refractivity contribution in [2.75, 3.05) is 0 Å². The van der Waals surface area contributed by atoms with Gasteiger partial charge in [0.2, 0.25) is 0 Å². The molecule has 0 radical (unpaired) electrons. The van der Waals surface area contributed by atoms with Gasteiger partial charge in [0.15, 0.2) is 11.2 Å². The molecular formula is C14H12N4O2. The van der Waals surface area contributed by atoms with Crippen molar-refractivity contribution < 1.29 is 0 Å². The van der Waals surface area contributed by atoms with E-state index in [2.05, 4.69) is 15.0 Å². The molecule has 2 aromatic heterocycles. The fourth-order valence-corrected chi connectivity index (χ4v) is 2.10. The zero-order valence-electron chi connectivity index (χ0n) is 10.6. The van der Waals surface area contributed by atoms with Crippen LogP contribution in [0.3, 0.4) is 0 Å². The van der Waals surface area contributed by atoms with Crippen molar-refractivity contribution in [1.29, 1.82) is 0 Å². The first-order chi connectivity index (χ1) is 9.75. The lowest BCUT2D eigenvalue weighted by Gasteiger charge is -2.07. The maximum absolute atomic E-state index is 11.9. The van der Waals surface area contributed by atoms with Crippen LogP contribution in [-0.2, 0) is 13.0 Å². The van der Waals surface area contributed by atoms with Gasteiger partial charge in [0.25, 0.3) is 5.56 Å². The van der Waals surface area contributed by atoms with Crippen LogP contribution in [0.1, 0.15) is 5.56 Å². The second-order valence-electron chi connectivity index (χ2n) is 4.38. The van der Waals surface area contributed by atoms with Crippen molar-refractivity contribution >= 4 is 11.2 Å². The van der Waals surface area contributed by atoms with Gasteiger partial charge >= 0.3 is 5.69 Å². The molecule has 6 nitrogen and oxygen atoms in total. The van der Waals surface area contributed by atoms with Crippen molar-refractivity contribution in [3.8, 4) is 0 Å². The van der Waals surface area contributed by atoms with E-state index in [1.54, 1.807) is 0 Å². The summed E-state index contributed by atoms with van der Waals surface area (Å²) >= 11 is 0. The van der Waals surface area contributed by atoms with Gasteiger partial charge in [-0.3, -0.25) is 14.3 Å². The van der Waals surface area contributed by atoms with Gasteiger partial charge in [-0.2, -0.15) is 0 Å². The van der Waals surface area contributed by atoms with E-state index in [1.165, 1.54) is 17.0 Å². The van der Waals surface area contributed by atoms with Crippen LogP contribution in [0.2, 0.25) is 0 Å². The second-order valence-corrected chi connectivity index (χ2v) is 4.38. The van der Waals surface area contributed by atoms with Gasteiger partial charge < -0.3 is 0 Å². The number of aromatic amines is 1. The van der Waals surface area contributed by atoms with Crippen LogP contribution in [-0.4, -0.2) is 19.5 Å². The molecule has 0 spiro atoms. The number of hydrogen-bond acceptors (Lipinski definition) is 4. The topological polar surface area (TPSA) is 80.6 Å². The average molecular weight is 268 g/mol. The fourth-order valence-electron chi connectivity index (χ4n) is 2.10. The van der Waals surface area contributed by atoms with Crippen LogP contribution in [0.15, 0.2) is 52.3 Å². The summed E-state index contributed by atoms with van der Waals surface area (Å²) in [5.74, 6) is 0. The van der Waals surface area contributed by atoms with E-state index in [0.717, 1.165) is 5.56 Å². The molecule has 0 atom stereocenters. The van der Waals surface area contributed by atoms with Crippen LogP contribution in [0, 0.1) is 0 Å². The third kappa shape index (κ3) is 2.23. The van der Waals surface area contributed by atoms with Crippen LogP contribution < -0.4 is 11.2 Å². The minimum Gasteiger partial charge on any atom is -0.276 e. The molecule has 2 heterocycles. The Morgan fingerprint density at radius 3 is 2.60 bits per heavy atom. The predicted molar refractivity (Wildman–Crippen MR) is 74.6 cm³/mol. The van der Waals surface area contributed by atoms with Gasteiger partial charge in [0.1, 0.15) is 0 Å². The molecule has 3 rings (SSSR count). The smallest absolute Gasteiger partial charge is 0.276 e. The van der Waals surface area contributed by atoms with Crippen LogP contribution in [0.4, 0.5) is 0 Å². The fraction of sp³-hybridized carbons (Fsp3) is 0.143. The normalized spacial score (nSPS) is 10.8. The van der Waals surface area contributed by atoms with E-state index in [1.807, 2.05) is 30.3 Å². The lowest BCUT2D eigenvalue weighted by molar-refractivity contribution is 0.664. The van der Waals surface area contributed by atoms with Gasteiger partial charge in [0.05, 0.1) is 0 Å². The Morgan fingerprint density at radius 1 is 1.05 bits per heavy atom. The number of hydrogen-bond donors (Lipinski definition) is 1. The summed E-state index contributed by atoms with van der Waals surface area (Å²) in [5.41, 5.74) is 0.646. The van der Waals surface area contributed by atoms with Crippen LogP contribution in [0.5, 0.6) is 0 Å². The highest BCUT2D eigenvalue weighted by Crippen LogP contribution is 2.04. The lowest BCUT2D eigenvalue weighted by atomic mass is 10.1. The molecule has 100 valence electrons. The number of nitrogens with zero attached hydrogens (tertiary/aromatic N) is 3. The molecule has 3 aromatic rings. The maximum Gasteiger partial charge on any atom is 0.330 e. The molecule has 0 saturated heterocycles. The molecule has 0 aliphatic carbocycles. The first-order valence-electron chi connectivity index (χ1n) is 6.23. The number of benzene rings is 1. The van der Waals surface area contributed by atoms with Gasteiger partial charge in [-0.05, 0) is 12.0 Å². The van der Waals surface area contributed by atoms with Crippen molar-refractivity contribution in [2.45, 2.75) is 13.0 Å². The van der Waals surface area contributed by atoms with E-state index < -0.39 is 11.2 Å². The molecule has 20 heavy (non-hydrogen) atoms. The largest absolute Gasteiger partial charge is 0.330 e. The van der Waals surface area contributed by atoms with Crippen molar-refractivity contribution in [1.82, 2.24) is 19.5 Å². The number of rotatable bonds is 3. The van der Waals surface area contributed by atoms with Crippen molar-refractivity contribution in [2.24, 2.45) is 0 Å². The summed E-state index contributed by atoms with van der Waals surface area (Å²) in [6.07, 6.45) is 3.59. The molecule has 0 unspecified atom stereocenters. The molecule has 0 amide bonds. The summed E-state index contributed by atoms with van der Waals surface area (Å²) in [4.78, 5) is 33.9. The van der Waals surface area contributed by atoms with E-state index >= 15 is 0 Å².